The van der Waals surface area contributed by atoms with Gasteiger partial charge in [0.05, 0.1) is 16.2 Å². The van der Waals surface area contributed by atoms with Crippen molar-refractivity contribution in [1.82, 2.24) is 14.6 Å². The van der Waals surface area contributed by atoms with Crippen LogP contribution >= 0.6 is 11.6 Å². The van der Waals surface area contributed by atoms with Crippen molar-refractivity contribution in [3.05, 3.63) is 34.5 Å². The summed E-state index contributed by atoms with van der Waals surface area (Å²) in [4.78, 5) is 13.6. The summed E-state index contributed by atoms with van der Waals surface area (Å²) in [5.74, 6) is -0.0534. The molecule has 1 aromatic carbocycles. The molecule has 222 valence electrons. The standard InChI is InChI=1S/C29H40ClF2N3O4S/c1-18-22(27(36)33-20-12-14-38-15-13-20)16-23(35(18)17-19-8-6-5-7-9-19)21-10-11-24(40(37)34-29(2,3)4)25(30)26(21)39-28(31)32/h10-11,16,19-20,28,34H,5-9,12-15,17H2,1-4H3,(H,33,36). The summed E-state index contributed by atoms with van der Waals surface area (Å²) in [5.41, 5.74) is 1.63. The number of nitrogens with one attached hydrogen (secondary N) is 2. The molecule has 4 rings (SSSR count). The molecule has 1 saturated heterocycles. The summed E-state index contributed by atoms with van der Waals surface area (Å²) in [5, 5.41) is 2.97. The average Bonchev–Trinajstić information content (AvgIpc) is 3.20. The van der Waals surface area contributed by atoms with Gasteiger partial charge in [0, 0.05) is 42.6 Å². The number of nitrogens with zero attached hydrogens (tertiary/aromatic N) is 1. The van der Waals surface area contributed by atoms with Crippen molar-refractivity contribution in [2.75, 3.05) is 13.2 Å². The van der Waals surface area contributed by atoms with Gasteiger partial charge >= 0.3 is 6.61 Å². The molecule has 1 saturated carbocycles. The van der Waals surface area contributed by atoms with Crippen LogP contribution < -0.4 is 14.8 Å². The summed E-state index contributed by atoms with van der Waals surface area (Å²) in [6.07, 6.45) is 7.11. The van der Waals surface area contributed by atoms with Crippen molar-refractivity contribution < 1.29 is 27.3 Å². The summed E-state index contributed by atoms with van der Waals surface area (Å²) in [7, 11) is -1.76. The molecule has 11 heteroatoms. The van der Waals surface area contributed by atoms with Gasteiger partial charge in [-0.2, -0.15) is 8.78 Å². The Morgan fingerprint density at radius 1 is 1.18 bits per heavy atom. The topological polar surface area (TPSA) is 81.6 Å². The lowest BCUT2D eigenvalue weighted by atomic mass is 9.89. The lowest BCUT2D eigenvalue weighted by Gasteiger charge is -2.25. The number of hydrogen-bond donors (Lipinski definition) is 2. The molecule has 0 spiro atoms. The number of alkyl halides is 2. The zero-order valence-corrected chi connectivity index (χ0v) is 25.2. The first kappa shape index (κ1) is 30.9. The SMILES string of the molecule is Cc1c(C(=O)NC2CCOCC2)cc(-c2ccc(S(=O)NC(C)(C)C)c(Cl)c2OC(F)F)n1CC1CCCCC1. The average molecular weight is 600 g/mol. The second-order valence-corrected chi connectivity index (χ2v) is 13.3. The quantitative estimate of drug-likeness (QED) is 0.339. The molecule has 1 aliphatic heterocycles. The van der Waals surface area contributed by atoms with Crippen LogP contribution in [0.3, 0.4) is 0 Å². The van der Waals surface area contributed by atoms with E-state index in [1.807, 2.05) is 32.3 Å². The molecule has 2 aromatic rings. The minimum Gasteiger partial charge on any atom is -0.432 e. The number of benzene rings is 1. The van der Waals surface area contributed by atoms with E-state index >= 15 is 0 Å². The van der Waals surface area contributed by atoms with Crippen molar-refractivity contribution in [3.63, 3.8) is 0 Å². The maximum Gasteiger partial charge on any atom is 0.387 e. The summed E-state index contributed by atoms with van der Waals surface area (Å²) in [6, 6.07) is 4.93. The van der Waals surface area contributed by atoms with E-state index in [-0.39, 0.29) is 27.6 Å². The molecule has 0 bridgehead atoms. The predicted octanol–water partition coefficient (Wildman–Crippen LogP) is 6.62. The van der Waals surface area contributed by atoms with Gasteiger partial charge in [0.15, 0.2) is 5.75 Å². The number of carbonyl (C=O) groups excluding carboxylic acids is 1. The van der Waals surface area contributed by atoms with Crippen molar-refractivity contribution in [2.45, 2.75) is 102 Å². The molecule has 2 N–H and O–H groups in total. The molecular formula is C29H40ClF2N3O4S. The predicted molar refractivity (Wildman–Crippen MR) is 153 cm³/mol. The van der Waals surface area contributed by atoms with Crippen LogP contribution in [-0.4, -0.2) is 46.1 Å². The van der Waals surface area contributed by atoms with E-state index in [4.69, 9.17) is 21.1 Å². The second kappa shape index (κ2) is 13.3. The molecule has 1 amide bonds. The highest BCUT2D eigenvalue weighted by atomic mass is 35.5. The van der Waals surface area contributed by atoms with Gasteiger partial charge in [-0.05, 0) is 77.5 Å². The largest absolute Gasteiger partial charge is 0.432 e. The van der Waals surface area contributed by atoms with Gasteiger partial charge in [0.2, 0.25) is 0 Å². The van der Waals surface area contributed by atoms with E-state index in [0.29, 0.717) is 42.5 Å². The first-order valence-electron chi connectivity index (χ1n) is 14.0. The molecular weight excluding hydrogens is 560 g/mol. The monoisotopic (exact) mass is 599 g/mol. The van der Waals surface area contributed by atoms with Crippen LogP contribution in [0.4, 0.5) is 8.78 Å². The minimum atomic E-state index is -3.14. The lowest BCUT2D eigenvalue weighted by Crippen LogP contribution is -2.39. The van der Waals surface area contributed by atoms with Crippen LogP contribution in [0.2, 0.25) is 5.02 Å². The third-order valence-electron chi connectivity index (χ3n) is 7.48. The van der Waals surface area contributed by atoms with Crippen LogP contribution in [0.25, 0.3) is 11.3 Å². The van der Waals surface area contributed by atoms with E-state index in [9.17, 15) is 17.8 Å². The number of carbonyl (C=O) groups is 1. The maximum atomic E-state index is 13.7. The highest BCUT2D eigenvalue weighted by Crippen LogP contribution is 2.42. The third kappa shape index (κ3) is 7.63. The Morgan fingerprint density at radius 3 is 2.48 bits per heavy atom. The zero-order valence-electron chi connectivity index (χ0n) is 23.7. The number of aromatic nitrogens is 1. The molecule has 7 nitrogen and oxygen atoms in total. The number of hydrogen-bond acceptors (Lipinski definition) is 4. The lowest BCUT2D eigenvalue weighted by molar-refractivity contribution is -0.0495. The van der Waals surface area contributed by atoms with Gasteiger partial charge in [-0.1, -0.05) is 30.9 Å². The van der Waals surface area contributed by atoms with Crippen LogP contribution in [0.5, 0.6) is 5.75 Å². The second-order valence-electron chi connectivity index (χ2n) is 11.8. The normalized spacial score (nSPS) is 18.2. The Hall–Kier alpha value is -2.01. The van der Waals surface area contributed by atoms with Crippen molar-refractivity contribution >= 4 is 28.5 Å². The van der Waals surface area contributed by atoms with Gasteiger partial charge in [0.1, 0.15) is 16.0 Å². The molecule has 40 heavy (non-hydrogen) atoms. The van der Waals surface area contributed by atoms with Crippen LogP contribution in [0.1, 0.15) is 81.8 Å². The number of rotatable bonds is 9. The number of ether oxygens (including phenoxy) is 2. The Bertz CT molecular complexity index is 1220. The molecule has 0 radical (unpaired) electrons. The summed E-state index contributed by atoms with van der Waals surface area (Å²) >= 11 is 6.62. The fourth-order valence-corrected chi connectivity index (χ4v) is 7.02. The van der Waals surface area contributed by atoms with E-state index in [1.54, 1.807) is 18.2 Å². The van der Waals surface area contributed by atoms with Crippen molar-refractivity contribution in [2.24, 2.45) is 5.92 Å². The van der Waals surface area contributed by atoms with Crippen LogP contribution in [0.15, 0.2) is 23.1 Å². The molecule has 2 heterocycles. The first-order chi connectivity index (χ1) is 18.9. The van der Waals surface area contributed by atoms with Gasteiger partial charge in [-0.15, -0.1) is 0 Å². The maximum absolute atomic E-state index is 13.7. The van der Waals surface area contributed by atoms with Crippen LogP contribution in [-0.2, 0) is 22.3 Å². The Labute approximate surface area is 242 Å². The molecule has 1 unspecified atom stereocenters. The fraction of sp³-hybridized carbons (Fsp3) is 0.621. The Balaban J connectivity index is 1.79. The van der Waals surface area contributed by atoms with Crippen LogP contribution in [0, 0.1) is 12.8 Å². The van der Waals surface area contributed by atoms with E-state index < -0.39 is 23.1 Å². The third-order valence-corrected chi connectivity index (χ3v) is 9.50. The zero-order chi connectivity index (χ0) is 29.0. The van der Waals surface area contributed by atoms with Gasteiger partial charge in [0.25, 0.3) is 5.91 Å². The molecule has 2 fully saturated rings. The highest BCUT2D eigenvalue weighted by molar-refractivity contribution is 7.83. The summed E-state index contributed by atoms with van der Waals surface area (Å²) in [6.45, 7) is 6.13. The van der Waals surface area contributed by atoms with Crippen molar-refractivity contribution in [3.8, 4) is 17.0 Å². The number of amides is 1. The van der Waals surface area contributed by atoms with E-state index in [2.05, 4.69) is 10.0 Å². The van der Waals surface area contributed by atoms with E-state index in [1.165, 1.54) is 6.42 Å². The smallest absolute Gasteiger partial charge is 0.387 e. The number of halogens is 3. The van der Waals surface area contributed by atoms with Gasteiger partial charge in [-0.25, -0.2) is 8.93 Å². The molecule has 2 aliphatic rings. The van der Waals surface area contributed by atoms with Crippen molar-refractivity contribution in [1.29, 1.82) is 0 Å². The first-order valence-corrected chi connectivity index (χ1v) is 15.5. The summed E-state index contributed by atoms with van der Waals surface area (Å²) < 4.78 is 55.8. The fourth-order valence-electron chi connectivity index (χ4n) is 5.49. The Kier molecular flexibility index (Phi) is 10.3. The molecule has 1 atom stereocenters. The highest BCUT2D eigenvalue weighted by Gasteiger charge is 2.28. The molecule has 1 aromatic heterocycles. The van der Waals surface area contributed by atoms with Gasteiger partial charge in [-0.3, -0.25) is 4.79 Å². The Morgan fingerprint density at radius 2 is 1.85 bits per heavy atom. The minimum absolute atomic E-state index is 0.0162. The van der Waals surface area contributed by atoms with E-state index in [0.717, 1.165) is 44.2 Å². The van der Waals surface area contributed by atoms with Gasteiger partial charge < -0.3 is 19.4 Å². The molecule has 1 aliphatic carbocycles.